The second-order valence-electron chi connectivity index (χ2n) is 3.94. The van der Waals surface area contributed by atoms with Crippen LogP contribution in [0, 0.1) is 0 Å². The van der Waals surface area contributed by atoms with Gasteiger partial charge in [-0.25, -0.2) is 0 Å². The molecule has 0 saturated heterocycles. The molecule has 1 aromatic heterocycles. The fourth-order valence-corrected chi connectivity index (χ4v) is 2.22. The van der Waals surface area contributed by atoms with E-state index in [1.54, 1.807) is 11.8 Å². The van der Waals surface area contributed by atoms with Gasteiger partial charge in [0.05, 0.1) is 5.52 Å². The maximum Gasteiger partial charge on any atom is 0.0705 e. The first kappa shape index (κ1) is 10.5. The fourth-order valence-electron chi connectivity index (χ4n) is 1.78. The normalized spacial score (nSPS) is 11.2. The summed E-state index contributed by atoms with van der Waals surface area (Å²) < 4.78 is 0. The molecule has 0 atom stereocenters. The van der Waals surface area contributed by atoms with Crippen molar-refractivity contribution in [1.29, 1.82) is 0 Å². The molecule has 78 valence electrons. The molecule has 15 heavy (non-hydrogen) atoms. The predicted octanol–water partition coefficient (Wildman–Crippen LogP) is 4.08. The van der Waals surface area contributed by atoms with Crippen molar-refractivity contribution < 1.29 is 0 Å². The summed E-state index contributed by atoms with van der Waals surface area (Å²) in [6, 6.07) is 8.59. The molecule has 0 aliphatic rings. The minimum atomic E-state index is 0.549. The Labute approximate surface area is 94.9 Å². The highest BCUT2D eigenvalue weighted by Gasteiger charge is 2.05. The number of nitrogens with zero attached hydrogens (tertiary/aromatic N) is 1. The molecule has 0 radical (unpaired) electrons. The molecule has 1 aromatic carbocycles. The molecule has 0 amide bonds. The third kappa shape index (κ3) is 2.00. The smallest absolute Gasteiger partial charge is 0.0705 e. The van der Waals surface area contributed by atoms with E-state index >= 15 is 0 Å². The predicted molar refractivity (Wildman–Crippen MR) is 67.6 cm³/mol. The van der Waals surface area contributed by atoms with E-state index in [0.717, 1.165) is 5.52 Å². The largest absolute Gasteiger partial charge is 0.256 e. The minimum Gasteiger partial charge on any atom is -0.256 e. The van der Waals surface area contributed by atoms with Crippen LogP contribution in [0.25, 0.3) is 10.9 Å². The van der Waals surface area contributed by atoms with Gasteiger partial charge in [0.25, 0.3) is 0 Å². The molecule has 0 N–H and O–H groups in total. The Hall–Kier alpha value is -1.02. The van der Waals surface area contributed by atoms with Gasteiger partial charge in [-0.2, -0.15) is 0 Å². The van der Waals surface area contributed by atoms with Gasteiger partial charge >= 0.3 is 0 Å². The molecule has 0 aliphatic carbocycles. The van der Waals surface area contributed by atoms with Crippen LogP contribution in [-0.2, 0) is 0 Å². The van der Waals surface area contributed by atoms with Gasteiger partial charge in [0.15, 0.2) is 0 Å². The second kappa shape index (κ2) is 4.23. The SMILES string of the molecule is CSc1ccc2nccc(C(C)C)c2c1. The van der Waals surface area contributed by atoms with Crippen LogP contribution in [-0.4, -0.2) is 11.2 Å². The summed E-state index contributed by atoms with van der Waals surface area (Å²) in [5.41, 5.74) is 2.48. The molecular weight excluding hydrogens is 202 g/mol. The molecule has 1 nitrogen and oxygen atoms in total. The monoisotopic (exact) mass is 217 g/mol. The maximum atomic E-state index is 4.39. The Morgan fingerprint density at radius 1 is 1.20 bits per heavy atom. The maximum absolute atomic E-state index is 4.39. The molecule has 0 saturated carbocycles. The first-order chi connectivity index (χ1) is 7.22. The van der Waals surface area contributed by atoms with E-state index in [1.807, 2.05) is 6.20 Å². The quantitative estimate of drug-likeness (QED) is 0.703. The van der Waals surface area contributed by atoms with Crippen molar-refractivity contribution in [3.63, 3.8) is 0 Å². The van der Waals surface area contributed by atoms with Crippen LogP contribution in [0.1, 0.15) is 25.3 Å². The number of fused-ring (bicyclic) bond motifs is 1. The average Bonchev–Trinajstić information content (AvgIpc) is 2.27. The van der Waals surface area contributed by atoms with Gasteiger partial charge in [-0.05, 0) is 42.0 Å². The summed E-state index contributed by atoms with van der Waals surface area (Å²) in [4.78, 5) is 5.69. The van der Waals surface area contributed by atoms with E-state index < -0.39 is 0 Å². The number of rotatable bonds is 2. The topological polar surface area (TPSA) is 12.9 Å². The Kier molecular flexibility index (Phi) is 2.96. The van der Waals surface area contributed by atoms with Gasteiger partial charge < -0.3 is 0 Å². The number of hydrogen-bond donors (Lipinski definition) is 0. The highest BCUT2D eigenvalue weighted by molar-refractivity contribution is 7.98. The summed E-state index contributed by atoms with van der Waals surface area (Å²) in [6.07, 6.45) is 4.00. The zero-order valence-electron chi connectivity index (χ0n) is 9.32. The van der Waals surface area contributed by atoms with Crippen LogP contribution in [0.4, 0.5) is 0 Å². The van der Waals surface area contributed by atoms with Gasteiger partial charge in [-0.15, -0.1) is 11.8 Å². The molecule has 2 heteroatoms. The van der Waals surface area contributed by atoms with Crippen LogP contribution in [0.15, 0.2) is 35.4 Å². The van der Waals surface area contributed by atoms with Crippen molar-refractivity contribution in [2.75, 3.05) is 6.26 Å². The van der Waals surface area contributed by atoms with Crippen molar-refractivity contribution in [3.05, 3.63) is 36.0 Å². The minimum absolute atomic E-state index is 0.549. The lowest BCUT2D eigenvalue weighted by atomic mass is 9.99. The highest BCUT2D eigenvalue weighted by atomic mass is 32.2. The number of thioether (sulfide) groups is 1. The van der Waals surface area contributed by atoms with Crippen LogP contribution in [0.5, 0.6) is 0 Å². The van der Waals surface area contributed by atoms with Gasteiger partial charge in [-0.1, -0.05) is 13.8 Å². The first-order valence-corrected chi connectivity index (χ1v) is 6.37. The van der Waals surface area contributed by atoms with Crippen LogP contribution < -0.4 is 0 Å². The Morgan fingerprint density at radius 3 is 2.67 bits per heavy atom. The van der Waals surface area contributed by atoms with Gasteiger partial charge in [0.2, 0.25) is 0 Å². The first-order valence-electron chi connectivity index (χ1n) is 5.15. The van der Waals surface area contributed by atoms with E-state index in [9.17, 15) is 0 Å². The molecule has 2 rings (SSSR count). The third-order valence-electron chi connectivity index (χ3n) is 2.60. The van der Waals surface area contributed by atoms with Gasteiger partial charge in [-0.3, -0.25) is 4.98 Å². The molecule has 0 spiro atoms. The van der Waals surface area contributed by atoms with Crippen molar-refractivity contribution in [2.45, 2.75) is 24.7 Å². The number of hydrogen-bond acceptors (Lipinski definition) is 2. The number of benzene rings is 1. The van der Waals surface area contributed by atoms with Crippen LogP contribution in [0.2, 0.25) is 0 Å². The van der Waals surface area contributed by atoms with Crippen LogP contribution >= 0.6 is 11.8 Å². The van der Waals surface area contributed by atoms with Crippen molar-refractivity contribution in [1.82, 2.24) is 4.98 Å². The summed E-state index contributed by atoms with van der Waals surface area (Å²) in [6.45, 7) is 4.45. The molecule has 2 aromatic rings. The Balaban J connectivity index is 2.70. The van der Waals surface area contributed by atoms with Crippen molar-refractivity contribution >= 4 is 22.7 Å². The van der Waals surface area contributed by atoms with Gasteiger partial charge in [0, 0.05) is 16.5 Å². The lowest BCUT2D eigenvalue weighted by Crippen LogP contribution is -1.91. The van der Waals surface area contributed by atoms with Gasteiger partial charge in [0.1, 0.15) is 0 Å². The Morgan fingerprint density at radius 2 is 2.00 bits per heavy atom. The summed E-state index contributed by atoms with van der Waals surface area (Å²) in [5, 5.41) is 1.29. The summed E-state index contributed by atoms with van der Waals surface area (Å²) >= 11 is 1.78. The molecule has 1 heterocycles. The number of aromatic nitrogens is 1. The summed E-state index contributed by atoms with van der Waals surface area (Å²) in [7, 11) is 0. The lowest BCUT2D eigenvalue weighted by molar-refractivity contribution is 0.874. The van der Waals surface area contributed by atoms with E-state index in [-0.39, 0.29) is 0 Å². The molecule has 0 aliphatic heterocycles. The molecule has 0 fully saturated rings. The van der Waals surface area contributed by atoms with E-state index in [0.29, 0.717) is 5.92 Å². The van der Waals surface area contributed by atoms with Crippen molar-refractivity contribution in [2.24, 2.45) is 0 Å². The Bertz CT molecular complexity index is 477. The zero-order valence-corrected chi connectivity index (χ0v) is 10.1. The second-order valence-corrected chi connectivity index (χ2v) is 4.82. The molecule has 0 bridgehead atoms. The number of pyridine rings is 1. The van der Waals surface area contributed by atoms with Crippen molar-refractivity contribution in [3.8, 4) is 0 Å². The molecule has 0 unspecified atom stereocenters. The van der Waals surface area contributed by atoms with E-state index in [1.165, 1.54) is 15.8 Å². The standard InChI is InChI=1S/C13H15NS/c1-9(2)11-6-7-14-13-5-4-10(15-3)8-12(11)13/h4-9H,1-3H3. The van der Waals surface area contributed by atoms with Crippen LogP contribution in [0.3, 0.4) is 0 Å². The summed E-state index contributed by atoms with van der Waals surface area (Å²) in [5.74, 6) is 0.549. The van der Waals surface area contributed by atoms with E-state index in [2.05, 4.69) is 49.4 Å². The molecular formula is C13H15NS. The third-order valence-corrected chi connectivity index (χ3v) is 3.33. The highest BCUT2D eigenvalue weighted by Crippen LogP contribution is 2.27. The average molecular weight is 217 g/mol. The lowest BCUT2D eigenvalue weighted by Gasteiger charge is -2.09. The fraction of sp³-hybridized carbons (Fsp3) is 0.308. The van der Waals surface area contributed by atoms with E-state index in [4.69, 9.17) is 0 Å². The zero-order chi connectivity index (χ0) is 10.8.